The first-order valence-corrected chi connectivity index (χ1v) is 6.39. The number of benzene rings is 2. The number of hydrogen-bond acceptors (Lipinski definition) is 4. The molecule has 2 aromatic rings. The van der Waals surface area contributed by atoms with Gasteiger partial charge >= 0.3 is 5.97 Å². The van der Waals surface area contributed by atoms with Crippen molar-refractivity contribution in [2.24, 2.45) is 0 Å². The number of para-hydroxylation sites is 1. The Kier molecular flexibility index (Phi) is 4.25. The summed E-state index contributed by atoms with van der Waals surface area (Å²) < 4.78 is 10.5. The van der Waals surface area contributed by atoms with Crippen LogP contribution in [-0.4, -0.2) is 13.1 Å². The van der Waals surface area contributed by atoms with Crippen LogP contribution in [0.15, 0.2) is 42.5 Å². The van der Waals surface area contributed by atoms with E-state index < -0.39 is 5.97 Å². The molecule has 0 aliphatic heterocycles. The number of anilines is 1. The molecule has 2 aromatic carbocycles. The van der Waals surface area contributed by atoms with Gasteiger partial charge in [-0.1, -0.05) is 25.1 Å². The Morgan fingerprint density at radius 3 is 2.65 bits per heavy atom. The molecule has 0 amide bonds. The number of rotatable bonds is 4. The lowest BCUT2D eigenvalue weighted by Crippen LogP contribution is -2.05. The fourth-order valence-corrected chi connectivity index (χ4v) is 1.91. The van der Waals surface area contributed by atoms with Crippen LogP contribution in [0.25, 0.3) is 0 Å². The van der Waals surface area contributed by atoms with Gasteiger partial charge < -0.3 is 15.2 Å². The number of ether oxygens (including phenoxy) is 2. The minimum absolute atomic E-state index is 0.305. The fourth-order valence-electron chi connectivity index (χ4n) is 1.91. The third kappa shape index (κ3) is 2.91. The van der Waals surface area contributed by atoms with Gasteiger partial charge in [0.05, 0.1) is 12.7 Å². The second-order valence-corrected chi connectivity index (χ2v) is 4.30. The van der Waals surface area contributed by atoms with E-state index in [1.807, 2.05) is 24.3 Å². The minimum Gasteiger partial charge on any atom is -0.465 e. The van der Waals surface area contributed by atoms with E-state index in [1.54, 1.807) is 18.2 Å². The van der Waals surface area contributed by atoms with Gasteiger partial charge in [0, 0.05) is 5.69 Å². The lowest BCUT2D eigenvalue weighted by Gasteiger charge is -2.11. The number of hydrogen-bond donors (Lipinski definition) is 1. The predicted molar refractivity (Wildman–Crippen MR) is 78.1 cm³/mol. The molecule has 4 nitrogen and oxygen atoms in total. The zero-order chi connectivity index (χ0) is 14.5. The molecule has 20 heavy (non-hydrogen) atoms. The summed E-state index contributed by atoms with van der Waals surface area (Å²) in [4.78, 5) is 11.6. The molecule has 0 fully saturated rings. The molecule has 4 heteroatoms. The molecule has 104 valence electrons. The van der Waals surface area contributed by atoms with Crippen molar-refractivity contribution in [3.8, 4) is 11.5 Å². The van der Waals surface area contributed by atoms with E-state index in [0.29, 0.717) is 17.0 Å². The molecule has 0 aromatic heterocycles. The maximum atomic E-state index is 11.6. The highest BCUT2D eigenvalue weighted by atomic mass is 16.5. The van der Waals surface area contributed by atoms with Gasteiger partial charge in [-0.25, -0.2) is 4.79 Å². The number of nitrogens with two attached hydrogens (primary N) is 1. The summed E-state index contributed by atoms with van der Waals surface area (Å²) in [5.74, 6) is 0.854. The van der Waals surface area contributed by atoms with Crippen LogP contribution in [0.4, 0.5) is 5.69 Å². The normalized spacial score (nSPS) is 10.1. The van der Waals surface area contributed by atoms with Gasteiger partial charge in [-0.3, -0.25) is 0 Å². The van der Waals surface area contributed by atoms with Crippen molar-refractivity contribution in [2.75, 3.05) is 12.8 Å². The van der Waals surface area contributed by atoms with E-state index >= 15 is 0 Å². The van der Waals surface area contributed by atoms with E-state index in [1.165, 1.54) is 7.11 Å². The zero-order valence-electron chi connectivity index (χ0n) is 11.6. The molecule has 0 saturated carbocycles. The maximum Gasteiger partial charge on any atom is 0.340 e. The van der Waals surface area contributed by atoms with Crippen LogP contribution in [0.1, 0.15) is 22.8 Å². The van der Waals surface area contributed by atoms with Crippen LogP contribution in [-0.2, 0) is 11.2 Å². The molecule has 0 bridgehead atoms. The highest BCUT2D eigenvalue weighted by Gasteiger charge is 2.12. The van der Waals surface area contributed by atoms with Crippen molar-refractivity contribution in [3.05, 3.63) is 53.6 Å². The highest BCUT2D eigenvalue weighted by Crippen LogP contribution is 2.28. The third-order valence-electron chi connectivity index (χ3n) is 3.01. The largest absolute Gasteiger partial charge is 0.465 e. The molecule has 0 aliphatic carbocycles. The molecule has 0 spiro atoms. The zero-order valence-corrected chi connectivity index (χ0v) is 11.6. The molecule has 2 N–H and O–H groups in total. The van der Waals surface area contributed by atoms with Crippen LogP contribution >= 0.6 is 0 Å². The van der Waals surface area contributed by atoms with Gasteiger partial charge in [-0.2, -0.15) is 0 Å². The maximum absolute atomic E-state index is 11.6. The quantitative estimate of drug-likeness (QED) is 0.683. The molecule has 0 unspecified atom stereocenters. The smallest absolute Gasteiger partial charge is 0.340 e. The van der Waals surface area contributed by atoms with E-state index in [2.05, 4.69) is 6.92 Å². The van der Waals surface area contributed by atoms with E-state index in [9.17, 15) is 4.79 Å². The summed E-state index contributed by atoms with van der Waals surface area (Å²) in [6, 6.07) is 12.7. The van der Waals surface area contributed by atoms with E-state index in [-0.39, 0.29) is 0 Å². The van der Waals surface area contributed by atoms with Crippen molar-refractivity contribution >= 4 is 11.7 Å². The molecule has 0 saturated heterocycles. The average molecular weight is 271 g/mol. The number of nitrogen functional groups attached to an aromatic ring is 1. The molecule has 0 heterocycles. The second kappa shape index (κ2) is 6.10. The average Bonchev–Trinajstić information content (AvgIpc) is 2.49. The molecule has 0 aliphatic rings. The van der Waals surface area contributed by atoms with E-state index in [4.69, 9.17) is 15.2 Å². The topological polar surface area (TPSA) is 61.5 Å². The second-order valence-electron chi connectivity index (χ2n) is 4.30. The van der Waals surface area contributed by atoms with Crippen molar-refractivity contribution in [2.45, 2.75) is 13.3 Å². The van der Waals surface area contributed by atoms with E-state index in [0.717, 1.165) is 17.7 Å². The van der Waals surface area contributed by atoms with Gasteiger partial charge in [0.15, 0.2) is 0 Å². The minimum atomic E-state index is -0.475. The SMILES string of the molecule is CCc1ccccc1Oc1ccc(N)c(C(=O)OC)c1. The Morgan fingerprint density at radius 2 is 1.95 bits per heavy atom. The van der Waals surface area contributed by atoms with Gasteiger partial charge in [0.1, 0.15) is 11.5 Å². The Labute approximate surface area is 118 Å². The van der Waals surface area contributed by atoms with Gasteiger partial charge in [-0.15, -0.1) is 0 Å². The van der Waals surface area contributed by atoms with Crippen molar-refractivity contribution in [3.63, 3.8) is 0 Å². The van der Waals surface area contributed by atoms with Gasteiger partial charge in [-0.05, 0) is 36.2 Å². The number of carbonyl (C=O) groups is 1. The summed E-state index contributed by atoms with van der Waals surface area (Å²) in [6.45, 7) is 2.06. The Hall–Kier alpha value is -2.49. The Balaban J connectivity index is 2.32. The van der Waals surface area contributed by atoms with Crippen LogP contribution in [0.2, 0.25) is 0 Å². The summed E-state index contributed by atoms with van der Waals surface area (Å²) >= 11 is 0. The van der Waals surface area contributed by atoms with Crippen LogP contribution in [0.3, 0.4) is 0 Å². The number of methoxy groups -OCH3 is 1. The summed E-state index contributed by atoms with van der Waals surface area (Å²) in [5, 5.41) is 0. The van der Waals surface area contributed by atoms with Gasteiger partial charge in [0.25, 0.3) is 0 Å². The van der Waals surface area contributed by atoms with Crippen LogP contribution in [0.5, 0.6) is 11.5 Å². The summed E-state index contributed by atoms with van der Waals surface area (Å²) in [6.07, 6.45) is 0.870. The summed E-state index contributed by atoms with van der Waals surface area (Å²) in [7, 11) is 1.32. The first kappa shape index (κ1) is 13.9. The van der Waals surface area contributed by atoms with Crippen molar-refractivity contribution in [1.29, 1.82) is 0 Å². The molecule has 2 rings (SSSR count). The summed E-state index contributed by atoms with van der Waals surface area (Å²) in [5.41, 5.74) is 7.53. The molecule has 0 atom stereocenters. The lowest BCUT2D eigenvalue weighted by atomic mass is 10.1. The fraction of sp³-hybridized carbons (Fsp3) is 0.188. The standard InChI is InChI=1S/C16H17NO3/c1-3-11-6-4-5-7-15(11)20-12-8-9-14(17)13(10-12)16(18)19-2/h4-10H,3,17H2,1-2H3. The first-order valence-electron chi connectivity index (χ1n) is 6.39. The lowest BCUT2D eigenvalue weighted by molar-refractivity contribution is 0.0601. The monoisotopic (exact) mass is 271 g/mol. The Bertz CT molecular complexity index is 623. The molecular formula is C16H17NO3. The van der Waals surface area contributed by atoms with Crippen LogP contribution in [0, 0.1) is 0 Å². The molecule has 0 radical (unpaired) electrons. The number of esters is 1. The number of aryl methyl sites for hydroxylation is 1. The molecular weight excluding hydrogens is 254 g/mol. The Morgan fingerprint density at radius 1 is 1.20 bits per heavy atom. The van der Waals surface area contributed by atoms with Crippen molar-refractivity contribution < 1.29 is 14.3 Å². The third-order valence-corrected chi connectivity index (χ3v) is 3.01. The predicted octanol–water partition coefficient (Wildman–Crippen LogP) is 3.41. The van der Waals surface area contributed by atoms with Gasteiger partial charge in [0.2, 0.25) is 0 Å². The van der Waals surface area contributed by atoms with Crippen molar-refractivity contribution in [1.82, 2.24) is 0 Å². The number of carbonyl (C=O) groups excluding carboxylic acids is 1. The highest BCUT2D eigenvalue weighted by molar-refractivity contribution is 5.95. The first-order chi connectivity index (χ1) is 9.65. The van der Waals surface area contributed by atoms with Crippen LogP contribution < -0.4 is 10.5 Å².